The molecule has 28 heavy (non-hydrogen) atoms. The van der Waals surface area contributed by atoms with Gasteiger partial charge in [0, 0.05) is 50.9 Å². The highest BCUT2D eigenvalue weighted by atomic mass is 28.4. The van der Waals surface area contributed by atoms with Crippen molar-refractivity contribution in [3.63, 3.8) is 0 Å². The molecule has 0 fully saturated rings. The van der Waals surface area contributed by atoms with E-state index in [9.17, 15) is 19.2 Å². The standard InChI is InChI=1S/C18H34O8Si2/c1-13(2)27(23-15(5)19,24-16(6)20)11-9-10-12-28(14(3)4,25-17(7)21)26-18(8)22/h13-14H,9-12H2,1-8H3. The van der Waals surface area contributed by atoms with Crippen molar-refractivity contribution in [2.75, 3.05) is 0 Å². The fourth-order valence-corrected chi connectivity index (χ4v) is 9.03. The second-order valence-corrected chi connectivity index (χ2v) is 14.9. The first-order valence-electron chi connectivity index (χ1n) is 9.54. The van der Waals surface area contributed by atoms with Gasteiger partial charge in [-0.05, 0) is 12.8 Å². The van der Waals surface area contributed by atoms with Crippen LogP contribution in [0, 0.1) is 0 Å². The summed E-state index contributed by atoms with van der Waals surface area (Å²) >= 11 is 0. The Labute approximate surface area is 169 Å². The molecule has 10 heteroatoms. The van der Waals surface area contributed by atoms with E-state index in [0.29, 0.717) is 24.9 Å². The molecule has 0 aromatic heterocycles. The number of rotatable bonds is 11. The second-order valence-electron chi connectivity index (χ2n) is 7.51. The molecule has 0 spiro atoms. The van der Waals surface area contributed by atoms with Gasteiger partial charge in [-0.15, -0.1) is 0 Å². The first kappa shape index (κ1) is 26.3. The minimum atomic E-state index is -3.09. The van der Waals surface area contributed by atoms with Crippen molar-refractivity contribution in [2.45, 2.75) is 91.4 Å². The molecule has 0 radical (unpaired) electrons. The molecule has 0 amide bonds. The third kappa shape index (κ3) is 8.55. The maximum absolute atomic E-state index is 11.6. The van der Waals surface area contributed by atoms with Gasteiger partial charge in [-0.2, -0.15) is 0 Å². The molecule has 8 nitrogen and oxygen atoms in total. The predicted octanol–water partition coefficient (Wildman–Crippen LogP) is 3.72. The van der Waals surface area contributed by atoms with E-state index in [1.54, 1.807) is 0 Å². The van der Waals surface area contributed by atoms with Crippen LogP contribution >= 0.6 is 0 Å². The molecule has 0 saturated heterocycles. The molecule has 0 aromatic carbocycles. The molecule has 0 aliphatic rings. The molecule has 0 aromatic rings. The van der Waals surface area contributed by atoms with Crippen LogP contribution < -0.4 is 0 Å². The molecule has 0 N–H and O–H groups in total. The van der Waals surface area contributed by atoms with Gasteiger partial charge in [0.25, 0.3) is 23.9 Å². The smallest absolute Gasteiger partial charge is 0.466 e. The summed E-state index contributed by atoms with van der Waals surface area (Å²) in [4.78, 5) is 46.3. The first-order valence-corrected chi connectivity index (χ1v) is 13.7. The first-order chi connectivity index (χ1) is 12.8. The van der Waals surface area contributed by atoms with E-state index in [-0.39, 0.29) is 11.1 Å². The topological polar surface area (TPSA) is 105 Å². The van der Waals surface area contributed by atoms with Crippen LogP contribution in [0.1, 0.15) is 68.2 Å². The zero-order chi connectivity index (χ0) is 22.1. The Bertz CT molecular complexity index is 492. The van der Waals surface area contributed by atoms with E-state index >= 15 is 0 Å². The Hall–Kier alpha value is -1.69. The van der Waals surface area contributed by atoms with Crippen LogP contribution in [0.4, 0.5) is 0 Å². The Balaban J connectivity index is 5.32. The number of hydrogen-bond donors (Lipinski definition) is 0. The van der Waals surface area contributed by atoms with Gasteiger partial charge in [0.2, 0.25) is 0 Å². The maximum atomic E-state index is 11.6. The summed E-state index contributed by atoms with van der Waals surface area (Å²) in [5.74, 6) is -1.92. The minimum absolute atomic E-state index is 0.116. The molecule has 0 atom stereocenters. The third-order valence-electron chi connectivity index (χ3n) is 4.33. The second kappa shape index (κ2) is 11.3. The van der Waals surface area contributed by atoms with Crippen LogP contribution in [0.15, 0.2) is 0 Å². The fourth-order valence-electron chi connectivity index (χ4n) is 3.01. The molecule has 0 rings (SSSR count). The maximum Gasteiger partial charge on any atom is 0.466 e. The number of carbonyl (C=O) groups is 4. The summed E-state index contributed by atoms with van der Waals surface area (Å²) in [6.45, 7) is 12.6. The van der Waals surface area contributed by atoms with Crippen LogP contribution in [-0.2, 0) is 36.9 Å². The fraction of sp³-hybridized carbons (Fsp3) is 0.778. The van der Waals surface area contributed by atoms with Gasteiger partial charge in [0.1, 0.15) is 0 Å². The van der Waals surface area contributed by atoms with E-state index in [4.69, 9.17) is 17.7 Å². The SMILES string of the molecule is CC(=O)O[Si](CCCC[Si](OC(C)=O)(OC(C)=O)C(C)C)(OC(C)=O)C(C)C. The van der Waals surface area contributed by atoms with Gasteiger partial charge in [-0.25, -0.2) is 0 Å². The largest absolute Gasteiger partial charge is 0.485 e. The summed E-state index contributed by atoms with van der Waals surface area (Å²) in [5, 5.41) is 0. The summed E-state index contributed by atoms with van der Waals surface area (Å²) in [6.07, 6.45) is 1.16. The third-order valence-corrected chi connectivity index (χ3v) is 12.5. The lowest BCUT2D eigenvalue weighted by Crippen LogP contribution is -2.49. The zero-order valence-corrected chi connectivity index (χ0v) is 20.2. The van der Waals surface area contributed by atoms with Crippen molar-refractivity contribution in [2.24, 2.45) is 0 Å². The number of unbranched alkanes of at least 4 members (excludes halogenated alkanes) is 1. The lowest BCUT2D eigenvalue weighted by molar-refractivity contribution is -0.141. The van der Waals surface area contributed by atoms with Crippen molar-refractivity contribution in [1.82, 2.24) is 0 Å². The van der Waals surface area contributed by atoms with Gasteiger partial charge < -0.3 is 17.7 Å². The molecule has 0 unspecified atom stereocenters. The highest BCUT2D eigenvalue weighted by molar-refractivity contribution is 6.72. The van der Waals surface area contributed by atoms with Gasteiger partial charge in [0.05, 0.1) is 0 Å². The van der Waals surface area contributed by atoms with Gasteiger partial charge in [-0.1, -0.05) is 27.7 Å². The van der Waals surface area contributed by atoms with Crippen LogP contribution in [0.5, 0.6) is 0 Å². The van der Waals surface area contributed by atoms with E-state index in [2.05, 4.69) is 0 Å². The summed E-state index contributed by atoms with van der Waals surface area (Å²) in [6, 6.07) is 0.846. The lowest BCUT2D eigenvalue weighted by Gasteiger charge is -2.33. The molecule has 0 saturated carbocycles. The van der Waals surface area contributed by atoms with E-state index < -0.39 is 41.0 Å². The van der Waals surface area contributed by atoms with Gasteiger partial charge in [-0.3, -0.25) is 19.2 Å². The normalized spacial score (nSPS) is 11.9. The summed E-state index contributed by atoms with van der Waals surface area (Å²) < 4.78 is 22.1. The highest BCUT2D eigenvalue weighted by Gasteiger charge is 2.49. The van der Waals surface area contributed by atoms with Crippen molar-refractivity contribution in [3.8, 4) is 0 Å². The zero-order valence-electron chi connectivity index (χ0n) is 18.2. The lowest BCUT2D eigenvalue weighted by atomic mass is 10.4. The van der Waals surface area contributed by atoms with E-state index in [1.807, 2.05) is 27.7 Å². The van der Waals surface area contributed by atoms with E-state index in [1.165, 1.54) is 27.7 Å². The Morgan fingerprint density at radius 2 is 0.786 bits per heavy atom. The average molecular weight is 435 g/mol. The molecular weight excluding hydrogens is 400 g/mol. The molecule has 0 aliphatic heterocycles. The number of hydrogen-bond acceptors (Lipinski definition) is 8. The summed E-state index contributed by atoms with van der Waals surface area (Å²) in [7, 11) is -6.17. The van der Waals surface area contributed by atoms with Crippen LogP contribution in [-0.4, -0.2) is 41.0 Å². The van der Waals surface area contributed by atoms with Crippen LogP contribution in [0.2, 0.25) is 23.2 Å². The minimum Gasteiger partial charge on any atom is -0.485 e. The quantitative estimate of drug-likeness (QED) is 0.358. The molecular formula is C18H34O8Si2. The molecule has 0 bridgehead atoms. The number of carbonyl (C=O) groups excluding carboxylic acids is 4. The van der Waals surface area contributed by atoms with Crippen molar-refractivity contribution >= 4 is 41.0 Å². The molecule has 162 valence electrons. The predicted molar refractivity (Wildman–Crippen MR) is 108 cm³/mol. The van der Waals surface area contributed by atoms with Crippen molar-refractivity contribution in [3.05, 3.63) is 0 Å². The Kier molecular flexibility index (Phi) is 10.7. The molecule has 0 aliphatic carbocycles. The Morgan fingerprint density at radius 3 is 0.929 bits per heavy atom. The van der Waals surface area contributed by atoms with Gasteiger partial charge in [0.15, 0.2) is 0 Å². The monoisotopic (exact) mass is 434 g/mol. The van der Waals surface area contributed by atoms with Crippen LogP contribution in [0.3, 0.4) is 0 Å². The average Bonchev–Trinajstić information content (AvgIpc) is 2.48. The van der Waals surface area contributed by atoms with Gasteiger partial charge >= 0.3 is 17.1 Å². The van der Waals surface area contributed by atoms with Crippen LogP contribution in [0.25, 0.3) is 0 Å². The molecule has 0 heterocycles. The van der Waals surface area contributed by atoms with Crippen molar-refractivity contribution in [1.29, 1.82) is 0 Å². The van der Waals surface area contributed by atoms with Crippen molar-refractivity contribution < 1.29 is 36.9 Å². The van der Waals surface area contributed by atoms with E-state index in [0.717, 1.165) is 0 Å². The highest BCUT2D eigenvalue weighted by Crippen LogP contribution is 2.34. The Morgan fingerprint density at radius 1 is 0.571 bits per heavy atom. The summed E-state index contributed by atoms with van der Waals surface area (Å²) in [5.41, 5.74) is -0.233.